The monoisotopic (exact) mass is 286 g/mol. The molecule has 1 saturated heterocycles. The third-order valence-corrected chi connectivity index (χ3v) is 4.98. The van der Waals surface area contributed by atoms with Crippen LogP contribution in [0.4, 0.5) is 0 Å². The predicted octanol–water partition coefficient (Wildman–Crippen LogP) is 0.808. The van der Waals surface area contributed by atoms with Crippen molar-refractivity contribution in [3.05, 3.63) is 12.3 Å². The molecular weight excluding hydrogens is 264 g/mol. The van der Waals surface area contributed by atoms with Crippen LogP contribution in [0.25, 0.3) is 0 Å². The Morgan fingerprint density at radius 1 is 1.42 bits per heavy atom. The van der Waals surface area contributed by atoms with Crippen LogP contribution in [-0.4, -0.2) is 49.2 Å². The van der Waals surface area contributed by atoms with E-state index in [9.17, 15) is 8.42 Å². The predicted molar refractivity (Wildman–Crippen MR) is 73.2 cm³/mol. The zero-order chi connectivity index (χ0) is 13.9. The highest BCUT2D eigenvalue weighted by molar-refractivity contribution is 7.89. The molecule has 7 heteroatoms. The first-order valence-electron chi connectivity index (χ1n) is 6.74. The number of aromatic nitrogens is 2. The molecular formula is C12H22N4O2S. The first kappa shape index (κ1) is 14.5. The van der Waals surface area contributed by atoms with Crippen molar-refractivity contribution in [1.82, 2.24) is 19.8 Å². The van der Waals surface area contributed by atoms with Gasteiger partial charge in [0.25, 0.3) is 10.0 Å². The van der Waals surface area contributed by atoms with Crippen molar-refractivity contribution >= 4 is 10.0 Å². The summed E-state index contributed by atoms with van der Waals surface area (Å²) in [6.07, 6.45) is 3.85. The summed E-state index contributed by atoms with van der Waals surface area (Å²) < 4.78 is 26.7. The first-order valence-corrected chi connectivity index (χ1v) is 8.22. The topological polar surface area (TPSA) is 78.1 Å². The third-order valence-electron chi connectivity index (χ3n) is 3.63. The van der Waals surface area contributed by atoms with Crippen molar-refractivity contribution < 1.29 is 8.42 Å². The van der Waals surface area contributed by atoms with E-state index < -0.39 is 10.0 Å². The van der Waals surface area contributed by atoms with Gasteiger partial charge in [0.05, 0.1) is 6.20 Å². The lowest BCUT2D eigenvalue weighted by Crippen LogP contribution is -2.45. The Bertz CT molecular complexity index is 478. The average molecular weight is 286 g/mol. The van der Waals surface area contributed by atoms with Crippen LogP contribution in [0, 0.1) is 5.92 Å². The minimum Gasteiger partial charge on any atom is -0.299 e. The molecule has 0 spiro atoms. The van der Waals surface area contributed by atoms with Crippen LogP contribution in [0.1, 0.15) is 26.7 Å². The number of sulfonamides is 1. The molecule has 0 bridgehead atoms. The zero-order valence-corrected chi connectivity index (χ0v) is 12.3. The summed E-state index contributed by atoms with van der Waals surface area (Å²) >= 11 is 0. The summed E-state index contributed by atoms with van der Waals surface area (Å²) in [6.45, 7) is 6.84. The fourth-order valence-corrected chi connectivity index (χ4v) is 3.48. The van der Waals surface area contributed by atoms with E-state index in [2.05, 4.69) is 33.7 Å². The van der Waals surface area contributed by atoms with E-state index in [1.54, 1.807) is 0 Å². The van der Waals surface area contributed by atoms with E-state index >= 15 is 0 Å². The molecule has 0 saturated carbocycles. The van der Waals surface area contributed by atoms with E-state index in [4.69, 9.17) is 0 Å². The van der Waals surface area contributed by atoms with Crippen molar-refractivity contribution in [2.75, 3.05) is 19.6 Å². The molecule has 2 N–H and O–H groups in total. The van der Waals surface area contributed by atoms with Crippen LogP contribution in [0.3, 0.4) is 0 Å². The lowest BCUT2D eigenvalue weighted by molar-refractivity contribution is 0.193. The van der Waals surface area contributed by atoms with E-state index in [0.29, 0.717) is 12.5 Å². The van der Waals surface area contributed by atoms with Crippen LogP contribution in [0.15, 0.2) is 17.3 Å². The van der Waals surface area contributed by atoms with Gasteiger partial charge in [0, 0.05) is 12.6 Å². The lowest BCUT2D eigenvalue weighted by Gasteiger charge is -2.30. The van der Waals surface area contributed by atoms with Gasteiger partial charge in [0.2, 0.25) is 0 Å². The normalized spacial score (nSPS) is 19.1. The summed E-state index contributed by atoms with van der Waals surface area (Å²) in [5.74, 6) is 0.419. The van der Waals surface area contributed by atoms with Gasteiger partial charge in [-0.3, -0.25) is 10.00 Å². The minimum absolute atomic E-state index is 0.122. The second-order valence-corrected chi connectivity index (χ2v) is 7.06. The van der Waals surface area contributed by atoms with Gasteiger partial charge in [-0.2, -0.15) is 5.10 Å². The fourth-order valence-electron chi connectivity index (χ4n) is 2.53. The molecule has 2 rings (SSSR count). The van der Waals surface area contributed by atoms with Crippen LogP contribution in [-0.2, 0) is 10.0 Å². The molecule has 0 amide bonds. The Labute approximate surface area is 114 Å². The van der Waals surface area contributed by atoms with Crippen molar-refractivity contribution in [2.24, 2.45) is 5.92 Å². The quantitative estimate of drug-likeness (QED) is 0.811. The van der Waals surface area contributed by atoms with Gasteiger partial charge in [0.15, 0.2) is 5.03 Å². The number of hydrogen-bond acceptors (Lipinski definition) is 4. The molecule has 2 heterocycles. The SMILES string of the molecule is CC(C)C(CNS(=O)(=O)c1ccn[nH]1)N1CCCC1. The summed E-state index contributed by atoms with van der Waals surface area (Å²) in [7, 11) is -3.47. The smallest absolute Gasteiger partial charge is 0.257 e. The summed E-state index contributed by atoms with van der Waals surface area (Å²) in [5, 5.41) is 6.28. The lowest BCUT2D eigenvalue weighted by atomic mass is 10.0. The van der Waals surface area contributed by atoms with Crippen molar-refractivity contribution in [1.29, 1.82) is 0 Å². The molecule has 6 nitrogen and oxygen atoms in total. The van der Waals surface area contributed by atoms with Crippen LogP contribution in [0.2, 0.25) is 0 Å². The van der Waals surface area contributed by atoms with Gasteiger partial charge in [-0.15, -0.1) is 0 Å². The molecule has 1 aliphatic rings. The number of rotatable bonds is 6. The van der Waals surface area contributed by atoms with E-state index in [1.807, 2.05) is 0 Å². The van der Waals surface area contributed by atoms with Gasteiger partial charge < -0.3 is 0 Å². The van der Waals surface area contributed by atoms with E-state index in [1.165, 1.54) is 25.1 Å². The summed E-state index contributed by atoms with van der Waals surface area (Å²) in [6, 6.07) is 1.71. The van der Waals surface area contributed by atoms with Gasteiger partial charge in [-0.1, -0.05) is 13.8 Å². The molecule has 1 unspecified atom stereocenters. The number of H-pyrrole nitrogens is 1. The van der Waals surface area contributed by atoms with Gasteiger partial charge in [-0.05, 0) is 37.9 Å². The molecule has 1 aromatic rings. The molecule has 0 radical (unpaired) electrons. The van der Waals surface area contributed by atoms with Crippen molar-refractivity contribution in [2.45, 2.75) is 37.8 Å². The highest BCUT2D eigenvalue weighted by Crippen LogP contribution is 2.17. The molecule has 1 aromatic heterocycles. The minimum atomic E-state index is -3.47. The number of aromatic amines is 1. The molecule has 0 aromatic carbocycles. The number of likely N-dealkylation sites (tertiary alicyclic amines) is 1. The van der Waals surface area contributed by atoms with Crippen LogP contribution >= 0.6 is 0 Å². The van der Waals surface area contributed by atoms with Crippen molar-refractivity contribution in [3.63, 3.8) is 0 Å². The molecule has 1 aliphatic heterocycles. The maximum absolute atomic E-state index is 12.0. The third kappa shape index (κ3) is 3.55. The van der Waals surface area contributed by atoms with E-state index in [-0.39, 0.29) is 11.1 Å². The average Bonchev–Trinajstić information content (AvgIpc) is 3.02. The van der Waals surface area contributed by atoms with Crippen molar-refractivity contribution in [3.8, 4) is 0 Å². The molecule has 1 atom stereocenters. The largest absolute Gasteiger partial charge is 0.299 e. The Hall–Kier alpha value is -0.920. The van der Waals surface area contributed by atoms with Gasteiger partial charge in [-0.25, -0.2) is 13.1 Å². The maximum atomic E-state index is 12.0. The fraction of sp³-hybridized carbons (Fsp3) is 0.750. The Balaban J connectivity index is 1.99. The second-order valence-electron chi connectivity index (χ2n) is 5.33. The zero-order valence-electron chi connectivity index (χ0n) is 11.5. The molecule has 1 fully saturated rings. The van der Waals surface area contributed by atoms with Gasteiger partial charge >= 0.3 is 0 Å². The summed E-state index contributed by atoms with van der Waals surface area (Å²) in [5.41, 5.74) is 0. The summed E-state index contributed by atoms with van der Waals surface area (Å²) in [4.78, 5) is 2.38. The number of nitrogens with one attached hydrogen (secondary N) is 2. The Morgan fingerprint density at radius 2 is 2.11 bits per heavy atom. The Kier molecular flexibility index (Phi) is 4.59. The highest BCUT2D eigenvalue weighted by Gasteiger charge is 2.26. The standard InChI is InChI=1S/C12H22N4O2S/c1-10(2)11(16-7-3-4-8-16)9-14-19(17,18)12-5-6-13-15-12/h5-6,10-11,14H,3-4,7-9H2,1-2H3,(H,13,15). The first-order chi connectivity index (χ1) is 9.00. The van der Waals surface area contributed by atoms with E-state index in [0.717, 1.165) is 13.1 Å². The molecule has 0 aliphatic carbocycles. The second kappa shape index (κ2) is 6.02. The number of hydrogen-bond donors (Lipinski definition) is 2. The Morgan fingerprint density at radius 3 is 2.63 bits per heavy atom. The molecule has 108 valence electrons. The maximum Gasteiger partial charge on any atom is 0.257 e. The van der Waals surface area contributed by atoms with Crippen LogP contribution < -0.4 is 4.72 Å². The number of nitrogens with zero attached hydrogens (tertiary/aromatic N) is 2. The molecule has 19 heavy (non-hydrogen) atoms. The van der Waals surface area contributed by atoms with Gasteiger partial charge in [0.1, 0.15) is 0 Å². The van der Waals surface area contributed by atoms with Crippen LogP contribution in [0.5, 0.6) is 0 Å². The highest BCUT2D eigenvalue weighted by atomic mass is 32.2.